The van der Waals surface area contributed by atoms with Gasteiger partial charge in [-0.3, -0.25) is 0 Å². The normalized spacial score (nSPS) is 12.7. The molecule has 0 aliphatic heterocycles. The molecule has 226 valence electrons. The highest BCUT2D eigenvalue weighted by molar-refractivity contribution is 6.75. The minimum atomic E-state index is -2.88. The van der Waals surface area contributed by atoms with Gasteiger partial charge in [-0.15, -0.1) is 0 Å². The van der Waals surface area contributed by atoms with Crippen LogP contribution in [0.1, 0.15) is 22.3 Å². The van der Waals surface area contributed by atoms with Crippen LogP contribution in [-0.2, 0) is 26.6 Å². The molecule has 0 unspecified atom stereocenters. The molecule has 0 fully saturated rings. The topological polar surface area (TPSA) is 55.4 Å². The van der Waals surface area contributed by atoms with Crippen molar-refractivity contribution >= 4 is 73.8 Å². The maximum absolute atomic E-state index is 5.64. The van der Waals surface area contributed by atoms with E-state index in [0.29, 0.717) is 0 Å². The quantitative estimate of drug-likeness (QED) is 0.0899. The Morgan fingerprint density at radius 2 is 0.636 bits per heavy atom. The molecule has 5 aromatic rings. The van der Waals surface area contributed by atoms with Crippen LogP contribution >= 0.6 is 0 Å². The Hall–Kier alpha value is -3.71. The van der Waals surface area contributed by atoms with Gasteiger partial charge in [0.2, 0.25) is 0 Å². The lowest BCUT2D eigenvalue weighted by atomic mass is 9.91. The molecule has 8 heteroatoms. The highest BCUT2D eigenvalue weighted by Crippen LogP contribution is 2.35. The fraction of sp³-hybridized carbons (Fsp3) is 0.167. The van der Waals surface area contributed by atoms with Crippen molar-refractivity contribution in [2.45, 2.75) is 0 Å². The molecule has 0 amide bonds. The van der Waals surface area contributed by atoms with E-state index in [0.717, 1.165) is 21.5 Å². The van der Waals surface area contributed by atoms with Gasteiger partial charge >= 0.3 is 17.6 Å². The van der Waals surface area contributed by atoms with Gasteiger partial charge in [0, 0.05) is 53.0 Å². The zero-order valence-corrected chi connectivity index (χ0v) is 28.0. The number of fused-ring (bicyclic) bond motifs is 2. The second-order valence-electron chi connectivity index (χ2n) is 10.2. The van der Waals surface area contributed by atoms with Crippen LogP contribution in [-0.4, -0.2) is 60.3 Å². The van der Waals surface area contributed by atoms with Gasteiger partial charge in [0.1, 0.15) is 0 Å². The van der Waals surface area contributed by atoms with E-state index in [-0.39, 0.29) is 0 Å². The first-order valence-electron chi connectivity index (χ1n) is 14.3. The molecule has 0 saturated heterocycles. The summed E-state index contributed by atoms with van der Waals surface area (Å²) < 4.78 is 33.8. The Morgan fingerprint density at radius 3 is 0.886 bits per heavy atom. The highest BCUT2D eigenvalue weighted by atomic mass is 28.4. The van der Waals surface area contributed by atoms with E-state index in [1.54, 1.807) is 42.7 Å². The van der Waals surface area contributed by atoms with Crippen molar-refractivity contribution < 1.29 is 26.6 Å². The molecular formula is C36H38O6Si2. The minimum absolute atomic E-state index is 0.918. The Kier molecular flexibility index (Phi) is 10.0. The third kappa shape index (κ3) is 5.99. The largest absolute Gasteiger partial charge is 0.536 e. The number of benzene rings is 5. The van der Waals surface area contributed by atoms with Crippen LogP contribution in [0.3, 0.4) is 0 Å². The maximum Gasteiger partial charge on any atom is 0.536 e. The van der Waals surface area contributed by atoms with Crippen molar-refractivity contribution in [3.05, 3.63) is 119 Å². The van der Waals surface area contributed by atoms with E-state index in [1.807, 2.05) is 24.3 Å². The van der Waals surface area contributed by atoms with Crippen LogP contribution in [0.4, 0.5) is 0 Å². The standard InChI is InChI=1S/C36H38O6Si2/c1-37-43(38-2,39-3)29-21-15-27(16-22-29)19-25-35-31-11-7-9-13-33(31)36(34-14-10-8-12-32(34)35)26-20-28-17-23-30(24-18-28)44(40-4,41-5)42-6/h7-26H,1-6H3/b25-19+,26-20+. The van der Waals surface area contributed by atoms with Gasteiger partial charge in [-0.1, -0.05) is 121 Å². The Bertz CT molecular complexity index is 1570. The summed E-state index contributed by atoms with van der Waals surface area (Å²) in [4.78, 5) is 0. The fourth-order valence-electron chi connectivity index (χ4n) is 5.72. The molecule has 0 saturated carbocycles. The van der Waals surface area contributed by atoms with E-state index in [9.17, 15) is 0 Å². The fourth-order valence-corrected chi connectivity index (χ4v) is 9.28. The summed E-state index contributed by atoms with van der Waals surface area (Å²) in [5, 5.41) is 6.59. The van der Waals surface area contributed by atoms with Gasteiger partial charge in [-0.25, -0.2) is 0 Å². The van der Waals surface area contributed by atoms with E-state index < -0.39 is 17.6 Å². The third-order valence-corrected chi connectivity index (χ3v) is 13.3. The smallest absolute Gasteiger partial charge is 0.373 e. The van der Waals surface area contributed by atoms with Crippen molar-refractivity contribution in [3.63, 3.8) is 0 Å². The van der Waals surface area contributed by atoms with Crippen LogP contribution in [0.25, 0.3) is 45.8 Å². The molecule has 0 aliphatic carbocycles. The van der Waals surface area contributed by atoms with Crippen molar-refractivity contribution in [1.29, 1.82) is 0 Å². The Balaban J connectivity index is 1.53. The summed E-state index contributed by atoms with van der Waals surface area (Å²) in [7, 11) is 3.97. The first-order valence-corrected chi connectivity index (χ1v) is 17.7. The summed E-state index contributed by atoms with van der Waals surface area (Å²) in [6.45, 7) is 0. The van der Waals surface area contributed by atoms with Crippen molar-refractivity contribution in [2.24, 2.45) is 0 Å². The van der Waals surface area contributed by atoms with E-state index in [1.165, 1.54) is 32.7 Å². The van der Waals surface area contributed by atoms with Gasteiger partial charge < -0.3 is 26.6 Å². The van der Waals surface area contributed by atoms with Gasteiger partial charge in [0.25, 0.3) is 0 Å². The summed E-state index contributed by atoms with van der Waals surface area (Å²) in [6.07, 6.45) is 8.70. The second kappa shape index (κ2) is 13.9. The van der Waals surface area contributed by atoms with Gasteiger partial charge in [-0.2, -0.15) is 0 Å². The van der Waals surface area contributed by atoms with Crippen LogP contribution in [0.5, 0.6) is 0 Å². The van der Waals surface area contributed by atoms with E-state index in [4.69, 9.17) is 26.6 Å². The lowest BCUT2D eigenvalue weighted by Crippen LogP contribution is -2.54. The van der Waals surface area contributed by atoms with E-state index >= 15 is 0 Å². The molecule has 0 radical (unpaired) electrons. The van der Waals surface area contributed by atoms with Gasteiger partial charge in [0.05, 0.1) is 0 Å². The molecule has 44 heavy (non-hydrogen) atoms. The zero-order valence-electron chi connectivity index (χ0n) is 26.0. The first-order chi connectivity index (χ1) is 21.5. The summed E-state index contributed by atoms with van der Waals surface area (Å²) >= 11 is 0. The summed E-state index contributed by atoms with van der Waals surface area (Å²) in [5.41, 5.74) is 4.50. The summed E-state index contributed by atoms with van der Waals surface area (Å²) in [6, 6.07) is 33.5. The lowest BCUT2D eigenvalue weighted by Gasteiger charge is -2.24. The van der Waals surface area contributed by atoms with Crippen LogP contribution in [0.2, 0.25) is 0 Å². The molecule has 0 bridgehead atoms. The summed E-state index contributed by atoms with van der Waals surface area (Å²) in [5.74, 6) is 0. The molecule has 5 aromatic carbocycles. The molecule has 0 aromatic heterocycles. The zero-order chi connectivity index (χ0) is 31.2. The average molecular weight is 623 g/mol. The maximum atomic E-state index is 5.64. The predicted octanol–water partition coefficient (Wildman–Crippen LogP) is 6.50. The highest BCUT2D eigenvalue weighted by Gasteiger charge is 2.41. The number of hydrogen-bond donors (Lipinski definition) is 0. The van der Waals surface area contributed by atoms with Crippen LogP contribution in [0.15, 0.2) is 97.1 Å². The van der Waals surface area contributed by atoms with Crippen LogP contribution < -0.4 is 10.4 Å². The van der Waals surface area contributed by atoms with Gasteiger partial charge in [0.15, 0.2) is 0 Å². The first kappa shape index (κ1) is 31.7. The monoisotopic (exact) mass is 622 g/mol. The number of hydrogen-bond acceptors (Lipinski definition) is 6. The molecule has 5 rings (SSSR count). The second-order valence-corrected chi connectivity index (χ2v) is 16.0. The molecule has 0 N–H and O–H groups in total. The minimum Gasteiger partial charge on any atom is -0.373 e. The van der Waals surface area contributed by atoms with Crippen LogP contribution in [0, 0.1) is 0 Å². The molecule has 0 heterocycles. The Labute approximate surface area is 261 Å². The lowest BCUT2D eigenvalue weighted by molar-refractivity contribution is 0.140. The molecule has 0 aliphatic rings. The SMILES string of the molecule is CO[Si](OC)(OC)c1ccc(/C=C/c2c3ccccc3c(/C=C/c3ccc([Si](OC)(OC)OC)cc3)c3ccccc23)cc1. The molecule has 6 nitrogen and oxygen atoms in total. The average Bonchev–Trinajstić information content (AvgIpc) is 3.09. The predicted molar refractivity (Wildman–Crippen MR) is 185 cm³/mol. The Morgan fingerprint density at radius 1 is 0.364 bits per heavy atom. The molecular weight excluding hydrogens is 585 g/mol. The number of rotatable bonds is 12. The van der Waals surface area contributed by atoms with Crippen molar-refractivity contribution in [3.8, 4) is 0 Å². The molecule has 0 spiro atoms. The van der Waals surface area contributed by atoms with Crippen molar-refractivity contribution in [2.75, 3.05) is 42.7 Å². The van der Waals surface area contributed by atoms with Crippen molar-refractivity contribution in [1.82, 2.24) is 0 Å². The molecule has 0 atom stereocenters. The third-order valence-electron chi connectivity index (χ3n) is 8.04. The van der Waals surface area contributed by atoms with E-state index in [2.05, 4.69) is 97.1 Å². The van der Waals surface area contributed by atoms with Gasteiger partial charge in [-0.05, 0) is 43.8 Å².